The van der Waals surface area contributed by atoms with Gasteiger partial charge in [-0.2, -0.15) is 0 Å². The van der Waals surface area contributed by atoms with Crippen molar-refractivity contribution in [2.75, 3.05) is 13.2 Å². The van der Waals surface area contributed by atoms with Crippen molar-refractivity contribution in [1.29, 1.82) is 0 Å². The second kappa shape index (κ2) is 13.3. The third-order valence-electron chi connectivity index (χ3n) is 6.96. The maximum absolute atomic E-state index is 12.2. The van der Waals surface area contributed by atoms with Crippen LogP contribution in [0.3, 0.4) is 0 Å². The number of ether oxygens (including phenoxy) is 1. The molecule has 0 saturated heterocycles. The Bertz CT molecular complexity index is 1460. The summed E-state index contributed by atoms with van der Waals surface area (Å²) in [4.78, 5) is 26.1. The number of rotatable bonds is 8. The van der Waals surface area contributed by atoms with Gasteiger partial charge < -0.3 is 20.9 Å². The number of nitrogens with two attached hydrogens (primary N) is 1. The van der Waals surface area contributed by atoms with E-state index >= 15 is 0 Å². The lowest BCUT2D eigenvalue weighted by Gasteiger charge is -2.24. The van der Waals surface area contributed by atoms with Crippen LogP contribution in [0.4, 0.5) is 4.79 Å². The van der Waals surface area contributed by atoms with E-state index in [2.05, 4.69) is 39.6 Å². The highest BCUT2D eigenvalue weighted by Gasteiger charge is 2.36. The molecule has 1 atom stereocenters. The van der Waals surface area contributed by atoms with Crippen molar-refractivity contribution >= 4 is 12.1 Å². The summed E-state index contributed by atoms with van der Waals surface area (Å²) in [6.45, 7) is 0.894. The van der Waals surface area contributed by atoms with Crippen LogP contribution in [0.25, 0.3) is 21.6 Å². The van der Waals surface area contributed by atoms with Crippen LogP contribution in [-0.2, 0) is 9.53 Å². The highest BCUT2D eigenvalue weighted by atomic mass is 16.5. The van der Waals surface area contributed by atoms with Gasteiger partial charge in [0.05, 0.1) is 12.6 Å². The van der Waals surface area contributed by atoms with E-state index in [0.717, 1.165) is 33.4 Å². The molecule has 0 unspecified atom stereocenters. The number of azide groups is 1. The molecule has 9 nitrogen and oxygen atoms in total. The van der Waals surface area contributed by atoms with Crippen molar-refractivity contribution in [1.82, 2.24) is 5.32 Å². The fraction of sp³-hybridized carbons (Fsp3) is 0.188. The number of carboxylic acid groups (broad SMARTS) is 1. The van der Waals surface area contributed by atoms with E-state index in [4.69, 9.17) is 16.0 Å². The zero-order valence-corrected chi connectivity index (χ0v) is 22.6. The molecule has 9 heteroatoms. The van der Waals surface area contributed by atoms with E-state index in [9.17, 15) is 14.7 Å². The lowest BCUT2D eigenvalue weighted by molar-refractivity contribution is -0.143. The first kappa shape index (κ1) is 28.9. The van der Waals surface area contributed by atoms with Gasteiger partial charge in [0.1, 0.15) is 12.1 Å². The van der Waals surface area contributed by atoms with Crippen LogP contribution in [0.5, 0.6) is 0 Å². The Morgan fingerprint density at radius 1 is 0.902 bits per heavy atom. The van der Waals surface area contributed by atoms with E-state index < -0.39 is 24.1 Å². The maximum atomic E-state index is 12.2. The molecule has 1 aliphatic carbocycles. The minimum atomic E-state index is -1.74. The number of hydrogen-bond donors (Lipinski definition) is 3. The zero-order chi connectivity index (χ0) is 29.2. The number of nitrogens with one attached hydrogen (secondary N) is 1. The molecule has 41 heavy (non-hydrogen) atoms. The number of alkyl carbamates (subject to hydrolysis) is 1. The Morgan fingerprint density at radius 2 is 1.37 bits per heavy atom. The van der Waals surface area contributed by atoms with Crippen LogP contribution >= 0.6 is 0 Å². The van der Waals surface area contributed by atoms with Crippen LogP contribution in [0.1, 0.15) is 41.1 Å². The molecule has 0 fully saturated rings. The molecule has 4 aromatic carbocycles. The van der Waals surface area contributed by atoms with E-state index in [0.29, 0.717) is 0 Å². The summed E-state index contributed by atoms with van der Waals surface area (Å²) < 4.78 is 5.32. The van der Waals surface area contributed by atoms with Gasteiger partial charge in [0, 0.05) is 10.8 Å². The summed E-state index contributed by atoms with van der Waals surface area (Å²) in [6, 6.07) is 36.1. The molecule has 1 amide bonds. The predicted octanol–water partition coefficient (Wildman–Crippen LogP) is 6.41. The summed E-state index contributed by atoms with van der Waals surface area (Å²) in [5, 5.41) is 14.8. The van der Waals surface area contributed by atoms with E-state index in [1.165, 1.54) is 6.92 Å². The predicted molar refractivity (Wildman–Crippen MR) is 157 cm³/mol. The molecule has 0 bridgehead atoms. The van der Waals surface area contributed by atoms with Gasteiger partial charge in [-0.15, -0.1) is 0 Å². The summed E-state index contributed by atoms with van der Waals surface area (Å²) in [7, 11) is 0. The van der Waals surface area contributed by atoms with Crippen LogP contribution < -0.4 is 11.1 Å². The standard InChI is InChI=1S/C19H18N4O4.C13H13N/c1-19(17(24)25,11-21-23-20)22-18(26)27-10-16-14-8-4-2-6-12(14)13-7-3-5-9-15(13)16;14-13(11-7-3-1-4-8-11)12-9-5-2-6-10-12/h2-9,16H,10-11H2,1H3,(H,22,26)(H,24,25);1-10,13H,14H2/t19-;/m1./s1. The highest BCUT2D eigenvalue weighted by molar-refractivity contribution is 5.84. The van der Waals surface area contributed by atoms with Gasteiger partial charge in [-0.05, 0) is 45.8 Å². The normalized spacial score (nSPS) is 13.0. The molecule has 4 N–H and O–H groups in total. The topological polar surface area (TPSA) is 150 Å². The SMILES string of the molecule is C[C@](CN=[N+]=[N-])(NC(=O)OCC1c2ccccc2-c2ccccc21)C(=O)O.NC(c1ccccc1)c1ccccc1. The number of aliphatic carboxylic acids is 1. The first-order valence-electron chi connectivity index (χ1n) is 13.1. The molecule has 208 valence electrons. The lowest BCUT2D eigenvalue weighted by atomic mass is 9.98. The molecule has 0 spiro atoms. The Hall–Kier alpha value is -5.11. The van der Waals surface area contributed by atoms with Crippen molar-refractivity contribution in [3.8, 4) is 11.1 Å². The number of hydrogen-bond acceptors (Lipinski definition) is 5. The number of fused-ring (bicyclic) bond motifs is 3. The Kier molecular flexibility index (Phi) is 9.37. The molecule has 0 aliphatic heterocycles. The van der Waals surface area contributed by atoms with Gasteiger partial charge in [0.2, 0.25) is 0 Å². The number of nitrogens with zero attached hydrogens (tertiary/aromatic N) is 3. The number of carbonyl (C=O) groups is 2. The van der Waals surface area contributed by atoms with Gasteiger partial charge in [0.15, 0.2) is 0 Å². The molecule has 5 rings (SSSR count). The minimum Gasteiger partial charge on any atom is -0.480 e. The van der Waals surface area contributed by atoms with Crippen LogP contribution in [0, 0.1) is 0 Å². The van der Waals surface area contributed by atoms with Crippen LogP contribution in [0.2, 0.25) is 0 Å². The molecule has 4 aromatic rings. The van der Waals surface area contributed by atoms with Crippen LogP contribution in [0.15, 0.2) is 114 Å². The van der Waals surface area contributed by atoms with E-state index in [1.54, 1.807) is 0 Å². The Labute approximate surface area is 238 Å². The first-order valence-corrected chi connectivity index (χ1v) is 13.1. The third-order valence-corrected chi connectivity index (χ3v) is 6.96. The number of carbonyl (C=O) groups excluding carboxylic acids is 1. The third kappa shape index (κ3) is 6.91. The number of carboxylic acids is 1. The molecular weight excluding hydrogens is 518 g/mol. The summed E-state index contributed by atoms with van der Waals surface area (Å²) >= 11 is 0. The largest absolute Gasteiger partial charge is 0.480 e. The second-order valence-corrected chi connectivity index (χ2v) is 9.78. The first-order chi connectivity index (χ1) is 19.8. The van der Waals surface area contributed by atoms with Crippen molar-refractivity contribution < 1.29 is 19.4 Å². The maximum Gasteiger partial charge on any atom is 0.408 e. The molecule has 1 aliphatic rings. The number of amides is 1. The molecule has 0 radical (unpaired) electrons. The molecular formula is C32H31N5O4. The van der Waals surface area contributed by atoms with Crippen molar-refractivity contribution in [3.05, 3.63) is 142 Å². The summed E-state index contributed by atoms with van der Waals surface area (Å²) in [5.41, 5.74) is 19.4. The second-order valence-electron chi connectivity index (χ2n) is 9.78. The van der Waals surface area contributed by atoms with Crippen molar-refractivity contribution in [2.24, 2.45) is 10.8 Å². The van der Waals surface area contributed by atoms with E-state index in [-0.39, 0.29) is 18.6 Å². The van der Waals surface area contributed by atoms with E-state index in [1.807, 2.05) is 84.9 Å². The average molecular weight is 550 g/mol. The lowest BCUT2D eigenvalue weighted by Crippen LogP contribution is -2.54. The minimum absolute atomic E-state index is 0.0163. The fourth-order valence-electron chi connectivity index (χ4n) is 4.71. The fourth-order valence-corrected chi connectivity index (χ4v) is 4.71. The number of benzene rings is 4. The van der Waals surface area contributed by atoms with Crippen LogP contribution in [-0.4, -0.2) is 35.9 Å². The van der Waals surface area contributed by atoms with Crippen molar-refractivity contribution in [3.63, 3.8) is 0 Å². The quantitative estimate of drug-likeness (QED) is 0.132. The summed E-state index contributed by atoms with van der Waals surface area (Å²) in [5.74, 6) is -1.44. The Morgan fingerprint density at radius 3 is 1.83 bits per heavy atom. The van der Waals surface area contributed by atoms with Gasteiger partial charge in [-0.1, -0.05) is 114 Å². The Balaban J connectivity index is 0.000000231. The molecule has 0 saturated carbocycles. The molecule has 0 heterocycles. The summed E-state index contributed by atoms with van der Waals surface area (Å²) in [6.07, 6.45) is -0.880. The van der Waals surface area contributed by atoms with Gasteiger partial charge in [-0.3, -0.25) is 0 Å². The highest BCUT2D eigenvalue weighted by Crippen LogP contribution is 2.44. The monoisotopic (exact) mass is 549 g/mol. The van der Waals surface area contributed by atoms with Crippen molar-refractivity contribution in [2.45, 2.75) is 24.4 Å². The van der Waals surface area contributed by atoms with Gasteiger partial charge >= 0.3 is 12.1 Å². The van der Waals surface area contributed by atoms with Gasteiger partial charge in [-0.25, -0.2) is 9.59 Å². The molecule has 0 aromatic heterocycles. The smallest absolute Gasteiger partial charge is 0.408 e. The zero-order valence-electron chi connectivity index (χ0n) is 22.6. The average Bonchev–Trinajstić information content (AvgIpc) is 3.33. The van der Waals surface area contributed by atoms with Gasteiger partial charge in [0.25, 0.3) is 0 Å².